The van der Waals surface area contributed by atoms with E-state index in [2.05, 4.69) is 25.8 Å². The zero-order valence-electron chi connectivity index (χ0n) is 10.1. The van der Waals surface area contributed by atoms with E-state index in [1.165, 1.54) is 11.7 Å². The minimum absolute atomic E-state index is 0.0736. The lowest BCUT2D eigenvalue weighted by Crippen LogP contribution is -2.06. The van der Waals surface area contributed by atoms with Crippen LogP contribution in [0.2, 0.25) is 5.02 Å². The van der Waals surface area contributed by atoms with E-state index in [0.717, 1.165) is 15.6 Å². The third kappa shape index (κ3) is 2.90. The fourth-order valence-electron chi connectivity index (χ4n) is 1.67. The van der Waals surface area contributed by atoms with Gasteiger partial charge in [-0.1, -0.05) is 33.6 Å². The molecule has 1 aromatic heterocycles. The summed E-state index contributed by atoms with van der Waals surface area (Å²) < 4.78 is 31.1. The van der Waals surface area contributed by atoms with Gasteiger partial charge in [-0.15, -0.1) is 0 Å². The third-order valence-electron chi connectivity index (χ3n) is 2.57. The van der Waals surface area contributed by atoms with Crippen molar-refractivity contribution in [1.29, 1.82) is 0 Å². The fourth-order valence-corrected chi connectivity index (χ4v) is 2.23. The second-order valence-corrected chi connectivity index (χ2v) is 5.17. The molecule has 0 radical (unpaired) electrons. The van der Waals surface area contributed by atoms with Crippen molar-refractivity contribution in [2.75, 3.05) is 0 Å². The molecule has 0 atom stereocenters. The summed E-state index contributed by atoms with van der Waals surface area (Å²) in [7, 11) is 1.50. The van der Waals surface area contributed by atoms with Crippen LogP contribution in [0.5, 0.6) is 5.88 Å². The van der Waals surface area contributed by atoms with Gasteiger partial charge in [0.2, 0.25) is 5.88 Å². The summed E-state index contributed by atoms with van der Waals surface area (Å²) in [5.41, 5.74) is 2.15. The molecule has 102 valence electrons. The number of hydrogen-bond donors (Lipinski definition) is 0. The molecular formula is C12H10BrClF2N2O. The number of ether oxygens (including phenoxy) is 1. The Morgan fingerprint density at radius 1 is 1.42 bits per heavy atom. The highest BCUT2D eigenvalue weighted by Gasteiger charge is 2.20. The second-order valence-electron chi connectivity index (χ2n) is 3.93. The van der Waals surface area contributed by atoms with Gasteiger partial charge in [-0.25, -0.2) is 4.68 Å². The molecule has 1 aromatic carbocycles. The number of halogens is 4. The van der Waals surface area contributed by atoms with Gasteiger partial charge in [0.05, 0.1) is 0 Å². The van der Waals surface area contributed by atoms with Crippen LogP contribution in [-0.2, 0) is 7.05 Å². The van der Waals surface area contributed by atoms with Gasteiger partial charge in [-0.05, 0) is 24.6 Å². The highest BCUT2D eigenvalue weighted by Crippen LogP contribution is 2.36. The number of nitrogens with zero attached hydrogens (tertiary/aromatic N) is 2. The monoisotopic (exact) mass is 350 g/mol. The van der Waals surface area contributed by atoms with E-state index in [1.807, 2.05) is 19.1 Å². The standard InChI is InChI=1S/C12H10BrClF2N2O/c1-6-5-7(3-4-8(6)13)10-9(14)11(18(2)17-10)19-12(15)16/h3-5,12H,1-2H3. The third-order valence-corrected chi connectivity index (χ3v) is 3.80. The minimum Gasteiger partial charge on any atom is -0.416 e. The largest absolute Gasteiger partial charge is 0.416 e. The first kappa shape index (κ1) is 14.3. The van der Waals surface area contributed by atoms with Crippen LogP contribution in [0.3, 0.4) is 0 Å². The molecule has 3 nitrogen and oxygen atoms in total. The topological polar surface area (TPSA) is 27.1 Å². The molecule has 0 aliphatic carbocycles. The Morgan fingerprint density at radius 2 is 2.11 bits per heavy atom. The van der Waals surface area contributed by atoms with Crippen molar-refractivity contribution in [1.82, 2.24) is 9.78 Å². The maximum absolute atomic E-state index is 12.3. The predicted molar refractivity (Wildman–Crippen MR) is 72.7 cm³/mol. The molecule has 0 saturated heterocycles. The van der Waals surface area contributed by atoms with Crippen molar-refractivity contribution < 1.29 is 13.5 Å². The lowest BCUT2D eigenvalue weighted by Gasteiger charge is -2.04. The van der Waals surface area contributed by atoms with Gasteiger partial charge in [0.25, 0.3) is 0 Å². The van der Waals surface area contributed by atoms with E-state index in [1.54, 1.807) is 6.07 Å². The average Bonchev–Trinajstić information content (AvgIpc) is 2.60. The summed E-state index contributed by atoms with van der Waals surface area (Å²) >= 11 is 9.44. The Bertz CT molecular complexity index is 616. The Kier molecular flexibility index (Phi) is 4.10. The van der Waals surface area contributed by atoms with Crippen LogP contribution in [0, 0.1) is 6.92 Å². The van der Waals surface area contributed by atoms with Crippen LogP contribution in [0.15, 0.2) is 22.7 Å². The van der Waals surface area contributed by atoms with E-state index < -0.39 is 6.61 Å². The van der Waals surface area contributed by atoms with E-state index in [0.29, 0.717) is 5.69 Å². The molecule has 0 saturated carbocycles. The van der Waals surface area contributed by atoms with Crippen molar-refractivity contribution in [3.63, 3.8) is 0 Å². The van der Waals surface area contributed by atoms with E-state index in [-0.39, 0.29) is 10.9 Å². The van der Waals surface area contributed by atoms with Crippen molar-refractivity contribution in [3.8, 4) is 17.1 Å². The number of aryl methyl sites for hydroxylation is 2. The van der Waals surface area contributed by atoms with Gasteiger partial charge < -0.3 is 4.74 Å². The summed E-state index contributed by atoms with van der Waals surface area (Å²) in [6, 6.07) is 5.52. The molecule has 0 unspecified atom stereocenters. The highest BCUT2D eigenvalue weighted by atomic mass is 79.9. The molecule has 19 heavy (non-hydrogen) atoms. The summed E-state index contributed by atoms with van der Waals surface area (Å²) in [4.78, 5) is 0. The van der Waals surface area contributed by atoms with E-state index in [9.17, 15) is 8.78 Å². The summed E-state index contributed by atoms with van der Waals surface area (Å²) in [6.07, 6.45) is 0. The second kappa shape index (κ2) is 5.46. The Hall–Kier alpha value is -1.14. The fraction of sp³-hybridized carbons (Fsp3) is 0.250. The van der Waals surface area contributed by atoms with Gasteiger partial charge in [0.1, 0.15) is 10.7 Å². The molecule has 0 aliphatic rings. The number of benzene rings is 1. The van der Waals surface area contributed by atoms with E-state index >= 15 is 0 Å². The van der Waals surface area contributed by atoms with Crippen LogP contribution in [-0.4, -0.2) is 16.4 Å². The van der Waals surface area contributed by atoms with Crippen LogP contribution >= 0.6 is 27.5 Å². The lowest BCUT2D eigenvalue weighted by molar-refractivity contribution is -0.0552. The minimum atomic E-state index is -2.94. The lowest BCUT2D eigenvalue weighted by atomic mass is 10.1. The predicted octanol–water partition coefficient (Wildman–Crippen LogP) is 4.41. The molecule has 0 amide bonds. The molecule has 1 heterocycles. The molecule has 0 bridgehead atoms. The smallest absolute Gasteiger partial charge is 0.388 e. The Labute approximate surface area is 122 Å². The number of aromatic nitrogens is 2. The highest BCUT2D eigenvalue weighted by molar-refractivity contribution is 9.10. The van der Waals surface area contributed by atoms with Crippen molar-refractivity contribution in [3.05, 3.63) is 33.3 Å². The summed E-state index contributed by atoms with van der Waals surface area (Å²) in [6.45, 7) is -1.02. The van der Waals surface area contributed by atoms with Crippen molar-refractivity contribution in [2.24, 2.45) is 7.05 Å². The first-order valence-corrected chi connectivity index (χ1v) is 6.51. The molecule has 2 aromatic rings. The Balaban J connectivity index is 2.48. The molecule has 2 rings (SSSR count). The summed E-state index contributed by atoms with van der Waals surface area (Å²) in [5.74, 6) is -0.146. The first-order valence-electron chi connectivity index (χ1n) is 5.34. The molecular weight excluding hydrogens is 341 g/mol. The van der Waals surface area contributed by atoms with Gasteiger partial charge >= 0.3 is 6.61 Å². The normalized spacial score (nSPS) is 11.1. The van der Waals surface area contributed by atoms with Gasteiger partial charge in [-0.2, -0.15) is 13.9 Å². The summed E-state index contributed by atoms with van der Waals surface area (Å²) in [5, 5.41) is 4.19. The molecule has 0 fully saturated rings. The Morgan fingerprint density at radius 3 is 2.68 bits per heavy atom. The average molecular weight is 352 g/mol. The van der Waals surface area contributed by atoms with E-state index in [4.69, 9.17) is 11.6 Å². The zero-order chi connectivity index (χ0) is 14.2. The molecule has 0 aliphatic heterocycles. The quantitative estimate of drug-likeness (QED) is 0.819. The number of rotatable bonds is 3. The van der Waals surface area contributed by atoms with Crippen LogP contribution in [0.1, 0.15) is 5.56 Å². The van der Waals surface area contributed by atoms with Crippen LogP contribution in [0.25, 0.3) is 11.3 Å². The molecule has 7 heteroatoms. The maximum atomic E-state index is 12.3. The van der Waals surface area contributed by atoms with Crippen molar-refractivity contribution >= 4 is 27.5 Å². The van der Waals surface area contributed by atoms with Crippen molar-refractivity contribution in [2.45, 2.75) is 13.5 Å². The maximum Gasteiger partial charge on any atom is 0.388 e. The molecule has 0 N–H and O–H groups in total. The van der Waals surface area contributed by atoms with Crippen LogP contribution < -0.4 is 4.74 Å². The van der Waals surface area contributed by atoms with Gasteiger partial charge in [0.15, 0.2) is 0 Å². The number of alkyl halides is 2. The SMILES string of the molecule is Cc1cc(-c2nn(C)c(OC(F)F)c2Cl)ccc1Br. The zero-order valence-corrected chi connectivity index (χ0v) is 12.5. The molecule has 0 spiro atoms. The van der Waals surface area contributed by atoms with Gasteiger partial charge in [0, 0.05) is 17.1 Å². The van der Waals surface area contributed by atoms with Gasteiger partial charge in [-0.3, -0.25) is 0 Å². The number of hydrogen-bond acceptors (Lipinski definition) is 2. The van der Waals surface area contributed by atoms with Crippen LogP contribution in [0.4, 0.5) is 8.78 Å². The first-order chi connectivity index (χ1) is 8.90.